The summed E-state index contributed by atoms with van der Waals surface area (Å²) < 4.78 is 26.1. The predicted molar refractivity (Wildman–Crippen MR) is 84.3 cm³/mol. The van der Waals surface area contributed by atoms with Gasteiger partial charge in [-0.05, 0) is 36.1 Å². The Morgan fingerprint density at radius 3 is 2.71 bits per heavy atom. The van der Waals surface area contributed by atoms with Gasteiger partial charge in [-0.25, -0.2) is 13.1 Å². The molecule has 1 aromatic carbocycles. The quantitative estimate of drug-likeness (QED) is 0.875. The molecule has 2 rings (SSSR count). The lowest BCUT2D eigenvalue weighted by Crippen LogP contribution is -2.32. The van der Waals surface area contributed by atoms with Crippen LogP contribution < -0.4 is 10.0 Å². The minimum atomic E-state index is -3.64. The third-order valence-corrected chi connectivity index (χ3v) is 5.84. The maximum atomic E-state index is 11.8. The van der Waals surface area contributed by atoms with E-state index in [0.29, 0.717) is 10.7 Å². The maximum Gasteiger partial charge on any atom is 0.250 e. The molecule has 0 bridgehead atoms. The number of thiophene rings is 1. The highest BCUT2D eigenvalue weighted by Gasteiger charge is 2.16. The van der Waals surface area contributed by atoms with E-state index in [2.05, 4.69) is 10.0 Å². The van der Waals surface area contributed by atoms with Gasteiger partial charge in [0.1, 0.15) is 4.21 Å². The van der Waals surface area contributed by atoms with E-state index in [4.69, 9.17) is 11.6 Å². The van der Waals surface area contributed by atoms with Crippen molar-refractivity contribution >= 4 is 44.6 Å². The summed E-state index contributed by atoms with van der Waals surface area (Å²) in [6, 6.07) is 8.20. The van der Waals surface area contributed by atoms with E-state index in [1.54, 1.807) is 29.6 Å². The van der Waals surface area contributed by atoms with Gasteiger partial charge in [0.2, 0.25) is 5.91 Å². The van der Waals surface area contributed by atoms with Crippen molar-refractivity contribution in [1.82, 2.24) is 4.72 Å². The maximum absolute atomic E-state index is 11.8. The molecule has 0 aliphatic heterocycles. The van der Waals surface area contributed by atoms with Gasteiger partial charge in [-0.3, -0.25) is 4.79 Å². The number of anilines is 1. The second-order valence-electron chi connectivity index (χ2n) is 4.27. The molecule has 1 amide bonds. The topological polar surface area (TPSA) is 75.3 Å². The molecule has 5 nitrogen and oxygen atoms in total. The van der Waals surface area contributed by atoms with Gasteiger partial charge in [-0.15, -0.1) is 11.3 Å². The molecule has 2 N–H and O–H groups in total. The van der Waals surface area contributed by atoms with Crippen LogP contribution in [0.1, 0.15) is 5.56 Å². The largest absolute Gasteiger partial charge is 0.325 e. The van der Waals surface area contributed by atoms with Gasteiger partial charge < -0.3 is 5.32 Å². The summed E-state index contributed by atoms with van der Waals surface area (Å²) in [4.78, 5) is 11.7. The average molecular weight is 345 g/mol. The van der Waals surface area contributed by atoms with Crippen LogP contribution in [-0.2, 0) is 14.8 Å². The molecule has 0 saturated carbocycles. The molecule has 21 heavy (non-hydrogen) atoms. The van der Waals surface area contributed by atoms with E-state index in [1.165, 1.54) is 6.07 Å². The van der Waals surface area contributed by atoms with Crippen molar-refractivity contribution < 1.29 is 13.2 Å². The number of benzene rings is 1. The molecule has 0 spiro atoms. The second-order valence-corrected chi connectivity index (χ2v) is 7.62. The summed E-state index contributed by atoms with van der Waals surface area (Å²) in [7, 11) is -3.64. The minimum Gasteiger partial charge on any atom is -0.325 e. The number of sulfonamides is 1. The lowest BCUT2D eigenvalue weighted by Gasteiger charge is -2.08. The Kier molecular flexibility index (Phi) is 5.00. The Bertz CT molecular complexity index is 743. The summed E-state index contributed by atoms with van der Waals surface area (Å²) in [6.07, 6.45) is 0. The third kappa shape index (κ3) is 4.28. The molecule has 0 fully saturated rings. The number of carbonyl (C=O) groups is 1. The van der Waals surface area contributed by atoms with Crippen LogP contribution in [0.15, 0.2) is 39.9 Å². The second kappa shape index (κ2) is 6.57. The van der Waals surface area contributed by atoms with Crippen LogP contribution in [0.25, 0.3) is 0 Å². The van der Waals surface area contributed by atoms with E-state index in [1.807, 2.05) is 6.92 Å². The monoisotopic (exact) mass is 344 g/mol. The van der Waals surface area contributed by atoms with Gasteiger partial charge in [-0.1, -0.05) is 23.7 Å². The molecular formula is C13H13ClN2O3S2. The molecule has 0 atom stereocenters. The first kappa shape index (κ1) is 16.0. The zero-order chi connectivity index (χ0) is 15.5. The van der Waals surface area contributed by atoms with Gasteiger partial charge >= 0.3 is 0 Å². The fourth-order valence-electron chi connectivity index (χ4n) is 1.52. The van der Waals surface area contributed by atoms with Gasteiger partial charge in [0, 0.05) is 10.7 Å². The molecule has 0 unspecified atom stereocenters. The number of halogens is 1. The van der Waals surface area contributed by atoms with Crippen LogP contribution in [0, 0.1) is 6.92 Å². The molecule has 2 aromatic rings. The van der Waals surface area contributed by atoms with Crippen molar-refractivity contribution in [3.05, 3.63) is 46.3 Å². The highest BCUT2D eigenvalue weighted by molar-refractivity contribution is 7.91. The normalized spacial score (nSPS) is 11.3. The van der Waals surface area contributed by atoms with Crippen LogP contribution >= 0.6 is 22.9 Å². The molecule has 1 heterocycles. The zero-order valence-corrected chi connectivity index (χ0v) is 13.5. The minimum absolute atomic E-state index is 0.175. The van der Waals surface area contributed by atoms with Gasteiger partial charge in [-0.2, -0.15) is 0 Å². The molecule has 112 valence electrons. The highest BCUT2D eigenvalue weighted by atomic mass is 35.5. The SMILES string of the molecule is Cc1ccc(NC(=O)CNS(=O)(=O)c2cccs2)cc1Cl. The Morgan fingerprint density at radius 2 is 2.10 bits per heavy atom. The van der Waals surface area contributed by atoms with Gasteiger partial charge in [0.25, 0.3) is 10.0 Å². The molecule has 0 aliphatic carbocycles. The number of carbonyl (C=O) groups excluding carboxylic acids is 1. The third-order valence-electron chi connectivity index (χ3n) is 2.64. The highest BCUT2D eigenvalue weighted by Crippen LogP contribution is 2.20. The standard InChI is InChI=1S/C13H13ClN2O3S2/c1-9-4-5-10(7-11(9)14)16-12(17)8-15-21(18,19)13-3-2-6-20-13/h2-7,15H,8H2,1H3,(H,16,17). The van der Waals surface area contributed by atoms with E-state index >= 15 is 0 Å². The van der Waals surface area contributed by atoms with Crippen LogP contribution in [0.2, 0.25) is 5.02 Å². The smallest absolute Gasteiger partial charge is 0.250 e. The first-order chi connectivity index (χ1) is 9.88. The Morgan fingerprint density at radius 1 is 1.33 bits per heavy atom. The molecular weight excluding hydrogens is 332 g/mol. The molecule has 0 radical (unpaired) electrons. The Balaban J connectivity index is 1.95. The first-order valence-electron chi connectivity index (χ1n) is 5.97. The molecule has 0 aliphatic rings. The lowest BCUT2D eigenvalue weighted by molar-refractivity contribution is -0.115. The average Bonchev–Trinajstić information content (AvgIpc) is 2.96. The van der Waals surface area contributed by atoms with Crippen LogP contribution in [0.4, 0.5) is 5.69 Å². The van der Waals surface area contributed by atoms with E-state index in [-0.39, 0.29) is 10.8 Å². The summed E-state index contributed by atoms with van der Waals surface area (Å²) in [5.74, 6) is -0.463. The molecule has 0 saturated heterocycles. The fourth-order valence-corrected chi connectivity index (χ4v) is 3.72. The fraction of sp³-hybridized carbons (Fsp3) is 0.154. The number of rotatable bonds is 5. The predicted octanol–water partition coefficient (Wildman–Crippen LogP) is 2.63. The Hall–Kier alpha value is -1.41. The zero-order valence-electron chi connectivity index (χ0n) is 11.1. The van der Waals surface area contributed by atoms with Crippen molar-refractivity contribution in [1.29, 1.82) is 0 Å². The summed E-state index contributed by atoms with van der Waals surface area (Å²) >= 11 is 7.04. The Labute approximate surface area is 132 Å². The number of hydrogen-bond acceptors (Lipinski definition) is 4. The van der Waals surface area contributed by atoms with Crippen molar-refractivity contribution in [2.24, 2.45) is 0 Å². The van der Waals surface area contributed by atoms with Gasteiger partial charge in [0.15, 0.2) is 0 Å². The molecule has 8 heteroatoms. The number of aryl methyl sites for hydroxylation is 1. The van der Waals surface area contributed by atoms with E-state index < -0.39 is 15.9 Å². The summed E-state index contributed by atoms with van der Waals surface area (Å²) in [5.41, 5.74) is 1.42. The van der Waals surface area contributed by atoms with Crippen molar-refractivity contribution in [3.63, 3.8) is 0 Å². The van der Waals surface area contributed by atoms with Crippen LogP contribution in [0.3, 0.4) is 0 Å². The van der Waals surface area contributed by atoms with Crippen LogP contribution in [-0.4, -0.2) is 20.9 Å². The van der Waals surface area contributed by atoms with Crippen molar-refractivity contribution in [2.75, 3.05) is 11.9 Å². The number of amides is 1. The lowest BCUT2D eigenvalue weighted by atomic mass is 10.2. The van der Waals surface area contributed by atoms with Gasteiger partial charge in [0.05, 0.1) is 6.54 Å². The van der Waals surface area contributed by atoms with E-state index in [0.717, 1.165) is 16.9 Å². The summed E-state index contributed by atoms with van der Waals surface area (Å²) in [5, 5.41) is 4.77. The molecule has 1 aromatic heterocycles. The van der Waals surface area contributed by atoms with Crippen molar-refractivity contribution in [2.45, 2.75) is 11.1 Å². The first-order valence-corrected chi connectivity index (χ1v) is 8.72. The van der Waals surface area contributed by atoms with Crippen molar-refractivity contribution in [3.8, 4) is 0 Å². The number of nitrogens with one attached hydrogen (secondary N) is 2. The number of hydrogen-bond donors (Lipinski definition) is 2. The summed E-state index contributed by atoms with van der Waals surface area (Å²) in [6.45, 7) is 1.51. The van der Waals surface area contributed by atoms with Crippen LogP contribution in [0.5, 0.6) is 0 Å². The van der Waals surface area contributed by atoms with E-state index in [9.17, 15) is 13.2 Å².